The fraction of sp³-hybridized carbons (Fsp3) is 0. The van der Waals surface area contributed by atoms with Crippen LogP contribution in [0.25, 0.3) is 10.9 Å². The van der Waals surface area contributed by atoms with E-state index in [1.807, 2.05) is 6.07 Å². The highest BCUT2D eigenvalue weighted by molar-refractivity contribution is 5.76. The topological polar surface area (TPSA) is 41.6 Å². The Hall–Kier alpha value is -1.38. The normalized spacial score (nSPS) is 10.2. The lowest BCUT2D eigenvalue weighted by Gasteiger charge is -1.80. The first kappa shape index (κ1) is 4.49. The summed E-state index contributed by atoms with van der Waals surface area (Å²) in [4.78, 5) is 3.91. The van der Waals surface area contributed by atoms with Gasteiger partial charge in [0.15, 0.2) is 0 Å². The summed E-state index contributed by atoms with van der Waals surface area (Å²) in [5.41, 5.74) is 0.984. The second kappa shape index (κ2) is 1.55. The number of nitrogens with zero attached hydrogens (tertiary/aromatic N) is 2. The maximum Gasteiger partial charge on any atom is 0.0833 e. The Morgan fingerprint density at radius 1 is 1.44 bits per heavy atom. The van der Waals surface area contributed by atoms with Crippen LogP contribution in [0, 0.1) is 0 Å². The molecule has 9 heavy (non-hydrogen) atoms. The Balaban J connectivity index is 0.000000500. The van der Waals surface area contributed by atoms with Crippen LogP contribution in [-0.4, -0.2) is 15.2 Å². The monoisotopic (exact) mass is 121 g/mol. The highest BCUT2D eigenvalue weighted by atomic mass is 15.1. The standard InChI is InChI=1S/C6H5N3.H2/c1-2-7-4-6-5(1)3-8-9-6;/h1-4H,(H,8,9);1H. The first-order chi connectivity index (χ1) is 4.47. The number of pyridine rings is 1. The summed E-state index contributed by atoms with van der Waals surface area (Å²) < 4.78 is 0. The molecule has 0 saturated carbocycles. The smallest absolute Gasteiger partial charge is 0.0833 e. The molecule has 0 aliphatic carbocycles. The van der Waals surface area contributed by atoms with Gasteiger partial charge in [-0.25, -0.2) is 0 Å². The van der Waals surface area contributed by atoms with E-state index in [1.54, 1.807) is 18.6 Å². The van der Waals surface area contributed by atoms with Crippen LogP contribution in [0.2, 0.25) is 0 Å². The minimum Gasteiger partial charge on any atom is -0.276 e. The number of rotatable bonds is 0. The molecule has 0 fully saturated rings. The first-order valence-corrected chi connectivity index (χ1v) is 2.70. The van der Waals surface area contributed by atoms with E-state index < -0.39 is 0 Å². The Kier molecular flexibility index (Phi) is 0.773. The average molecular weight is 121 g/mol. The van der Waals surface area contributed by atoms with Crippen molar-refractivity contribution in [1.29, 1.82) is 0 Å². The molecule has 0 spiro atoms. The highest BCUT2D eigenvalue weighted by Gasteiger charge is 1.89. The summed E-state index contributed by atoms with van der Waals surface area (Å²) in [5.74, 6) is 0. The van der Waals surface area contributed by atoms with Crippen LogP contribution in [0.1, 0.15) is 1.43 Å². The van der Waals surface area contributed by atoms with Gasteiger partial charge < -0.3 is 0 Å². The van der Waals surface area contributed by atoms with Crippen molar-refractivity contribution >= 4 is 10.9 Å². The van der Waals surface area contributed by atoms with Gasteiger partial charge in [0.25, 0.3) is 0 Å². The minimum absolute atomic E-state index is 0. The molecule has 2 aromatic heterocycles. The molecule has 2 aromatic rings. The van der Waals surface area contributed by atoms with Crippen LogP contribution >= 0.6 is 0 Å². The lowest BCUT2D eigenvalue weighted by Crippen LogP contribution is -1.69. The predicted octanol–water partition coefficient (Wildman–Crippen LogP) is 1.20. The summed E-state index contributed by atoms with van der Waals surface area (Å²) in [6, 6.07) is 1.92. The summed E-state index contributed by atoms with van der Waals surface area (Å²) in [5, 5.41) is 7.75. The summed E-state index contributed by atoms with van der Waals surface area (Å²) in [6.45, 7) is 0. The molecular weight excluding hydrogens is 114 g/mol. The van der Waals surface area contributed by atoms with Crippen molar-refractivity contribution in [3.63, 3.8) is 0 Å². The third-order valence-electron chi connectivity index (χ3n) is 1.24. The van der Waals surface area contributed by atoms with Gasteiger partial charge in [0, 0.05) is 13.0 Å². The van der Waals surface area contributed by atoms with Crippen molar-refractivity contribution < 1.29 is 1.43 Å². The molecule has 46 valence electrons. The van der Waals surface area contributed by atoms with E-state index in [1.165, 1.54) is 0 Å². The molecule has 0 saturated heterocycles. The Morgan fingerprint density at radius 2 is 2.44 bits per heavy atom. The van der Waals surface area contributed by atoms with Crippen molar-refractivity contribution in [1.82, 2.24) is 15.2 Å². The number of aromatic amines is 1. The molecule has 0 aliphatic heterocycles. The molecule has 0 radical (unpaired) electrons. The van der Waals surface area contributed by atoms with E-state index in [4.69, 9.17) is 0 Å². The van der Waals surface area contributed by atoms with E-state index in [0.29, 0.717) is 0 Å². The summed E-state index contributed by atoms with van der Waals surface area (Å²) >= 11 is 0. The zero-order chi connectivity index (χ0) is 6.10. The molecule has 2 rings (SSSR count). The van der Waals surface area contributed by atoms with Crippen molar-refractivity contribution in [3.8, 4) is 0 Å². The highest BCUT2D eigenvalue weighted by Crippen LogP contribution is 2.04. The molecule has 0 bridgehead atoms. The molecule has 0 aromatic carbocycles. The fourth-order valence-corrected chi connectivity index (χ4v) is 0.783. The maximum atomic E-state index is 3.91. The molecular formula is C6H7N3. The molecule has 0 unspecified atom stereocenters. The number of fused-ring (bicyclic) bond motifs is 1. The molecule has 0 aliphatic rings. The second-order valence-corrected chi connectivity index (χ2v) is 1.83. The zero-order valence-corrected chi connectivity index (χ0v) is 4.70. The quantitative estimate of drug-likeness (QED) is 0.569. The second-order valence-electron chi connectivity index (χ2n) is 1.83. The largest absolute Gasteiger partial charge is 0.276 e. The number of nitrogens with one attached hydrogen (secondary N) is 1. The SMILES string of the molecule is [HH].c1cc2cn[nH]c2cn1. The van der Waals surface area contributed by atoms with Crippen molar-refractivity contribution in [2.45, 2.75) is 0 Å². The van der Waals surface area contributed by atoms with Gasteiger partial charge in [-0.05, 0) is 6.07 Å². The summed E-state index contributed by atoms with van der Waals surface area (Å²) in [6.07, 6.45) is 5.28. The number of hydrogen-bond acceptors (Lipinski definition) is 2. The predicted molar refractivity (Wildman–Crippen MR) is 36.0 cm³/mol. The average Bonchev–Trinajstić information content (AvgIpc) is 2.33. The Morgan fingerprint density at radius 3 is 3.33 bits per heavy atom. The van der Waals surface area contributed by atoms with Gasteiger partial charge in [0.1, 0.15) is 0 Å². The van der Waals surface area contributed by atoms with Gasteiger partial charge in [-0.2, -0.15) is 5.10 Å². The Bertz CT molecular complexity index is 287. The van der Waals surface area contributed by atoms with E-state index >= 15 is 0 Å². The maximum absolute atomic E-state index is 3.91. The van der Waals surface area contributed by atoms with Crippen LogP contribution in [0.3, 0.4) is 0 Å². The number of aromatic nitrogens is 3. The molecule has 0 atom stereocenters. The van der Waals surface area contributed by atoms with Gasteiger partial charge in [-0.3, -0.25) is 10.1 Å². The van der Waals surface area contributed by atoms with E-state index in [9.17, 15) is 0 Å². The van der Waals surface area contributed by atoms with Crippen molar-refractivity contribution in [3.05, 3.63) is 24.7 Å². The third-order valence-corrected chi connectivity index (χ3v) is 1.24. The van der Waals surface area contributed by atoms with Crippen LogP contribution in [0.4, 0.5) is 0 Å². The van der Waals surface area contributed by atoms with Gasteiger partial charge in [-0.1, -0.05) is 0 Å². The number of H-pyrrole nitrogens is 1. The molecule has 2 heterocycles. The molecule has 0 amide bonds. The number of hydrogen-bond donors (Lipinski definition) is 1. The lowest BCUT2D eigenvalue weighted by molar-refractivity contribution is 1.11. The molecule has 3 nitrogen and oxygen atoms in total. The van der Waals surface area contributed by atoms with Crippen LogP contribution in [0.15, 0.2) is 24.7 Å². The lowest BCUT2D eigenvalue weighted by atomic mass is 10.3. The van der Waals surface area contributed by atoms with E-state index in [0.717, 1.165) is 10.9 Å². The van der Waals surface area contributed by atoms with Gasteiger partial charge in [-0.15, -0.1) is 0 Å². The summed E-state index contributed by atoms with van der Waals surface area (Å²) in [7, 11) is 0. The molecule has 1 N–H and O–H groups in total. The molecule has 3 heteroatoms. The first-order valence-electron chi connectivity index (χ1n) is 2.70. The van der Waals surface area contributed by atoms with E-state index in [2.05, 4.69) is 15.2 Å². The van der Waals surface area contributed by atoms with Crippen LogP contribution < -0.4 is 0 Å². The zero-order valence-electron chi connectivity index (χ0n) is 4.70. The van der Waals surface area contributed by atoms with E-state index in [-0.39, 0.29) is 1.43 Å². The van der Waals surface area contributed by atoms with Gasteiger partial charge in [0.2, 0.25) is 0 Å². The van der Waals surface area contributed by atoms with Crippen LogP contribution in [0.5, 0.6) is 0 Å². The van der Waals surface area contributed by atoms with Gasteiger partial charge >= 0.3 is 0 Å². The minimum atomic E-state index is 0. The third kappa shape index (κ3) is 0.579. The Labute approximate surface area is 53.2 Å². The fourth-order valence-electron chi connectivity index (χ4n) is 0.783. The van der Waals surface area contributed by atoms with Gasteiger partial charge in [0.05, 0.1) is 17.9 Å². The van der Waals surface area contributed by atoms with Crippen LogP contribution in [-0.2, 0) is 0 Å². The van der Waals surface area contributed by atoms with Crippen molar-refractivity contribution in [2.24, 2.45) is 0 Å². The van der Waals surface area contributed by atoms with Crippen molar-refractivity contribution in [2.75, 3.05) is 0 Å².